The van der Waals surface area contributed by atoms with Gasteiger partial charge in [-0.25, -0.2) is 14.1 Å². The van der Waals surface area contributed by atoms with E-state index < -0.39 is 5.67 Å². The highest BCUT2D eigenvalue weighted by atomic mass is 19.1. The maximum atomic E-state index is 14.7. The second kappa shape index (κ2) is 5.12. The largest absolute Gasteiger partial charge is 0.317 e. The lowest BCUT2D eigenvalue weighted by Crippen LogP contribution is -2.29. The van der Waals surface area contributed by atoms with Crippen molar-refractivity contribution < 1.29 is 4.39 Å². The van der Waals surface area contributed by atoms with Gasteiger partial charge in [-0.1, -0.05) is 0 Å². The summed E-state index contributed by atoms with van der Waals surface area (Å²) in [4.78, 5) is 4.20. The van der Waals surface area contributed by atoms with Gasteiger partial charge >= 0.3 is 0 Å². The Bertz CT molecular complexity index is 353. The predicted molar refractivity (Wildman–Crippen MR) is 64.7 cm³/mol. The van der Waals surface area contributed by atoms with Crippen LogP contribution in [0.2, 0.25) is 0 Å². The van der Waals surface area contributed by atoms with Gasteiger partial charge in [0.2, 0.25) is 0 Å². The van der Waals surface area contributed by atoms with Crippen LogP contribution in [0.3, 0.4) is 0 Å². The third-order valence-corrected chi connectivity index (χ3v) is 3.34. The number of hydrogen-bond acceptors (Lipinski definition) is 3. The van der Waals surface area contributed by atoms with E-state index >= 15 is 0 Å². The Morgan fingerprint density at radius 2 is 2.29 bits per heavy atom. The highest BCUT2D eigenvalue weighted by Crippen LogP contribution is 2.28. The van der Waals surface area contributed by atoms with Crippen molar-refractivity contribution in [1.29, 1.82) is 0 Å². The fourth-order valence-electron chi connectivity index (χ4n) is 2.38. The fraction of sp³-hybridized carbons (Fsp3) is 0.833. The normalized spacial score (nSPS) is 26.1. The standard InChI is InChI=1S/C12H21FN4/c1-10(2)17-11(15-9-16-17)8-12(13)4-3-6-14-7-5-12/h9-10,14H,3-8H2,1-2H3. The molecule has 1 saturated heterocycles. The maximum Gasteiger partial charge on any atom is 0.138 e. The van der Waals surface area contributed by atoms with Crippen LogP contribution < -0.4 is 5.32 Å². The van der Waals surface area contributed by atoms with E-state index in [1.165, 1.54) is 6.33 Å². The van der Waals surface area contributed by atoms with Gasteiger partial charge in [0.1, 0.15) is 17.8 Å². The Morgan fingerprint density at radius 1 is 1.47 bits per heavy atom. The number of aromatic nitrogens is 3. The molecule has 1 aliphatic heterocycles. The minimum absolute atomic E-state index is 0.236. The first kappa shape index (κ1) is 12.5. The quantitative estimate of drug-likeness (QED) is 0.877. The number of rotatable bonds is 3. The van der Waals surface area contributed by atoms with Crippen LogP contribution in [-0.4, -0.2) is 33.5 Å². The number of hydrogen-bond donors (Lipinski definition) is 1. The molecule has 0 spiro atoms. The molecule has 1 atom stereocenters. The van der Waals surface area contributed by atoms with Gasteiger partial charge in [0.05, 0.1) is 0 Å². The van der Waals surface area contributed by atoms with E-state index in [-0.39, 0.29) is 6.04 Å². The van der Waals surface area contributed by atoms with Crippen molar-refractivity contribution in [2.45, 2.75) is 51.2 Å². The van der Waals surface area contributed by atoms with Gasteiger partial charge in [0.15, 0.2) is 0 Å². The van der Waals surface area contributed by atoms with Crippen molar-refractivity contribution in [2.75, 3.05) is 13.1 Å². The van der Waals surface area contributed by atoms with Gasteiger partial charge in [-0.15, -0.1) is 0 Å². The average Bonchev–Trinajstić information content (AvgIpc) is 2.61. The molecule has 1 aliphatic rings. The lowest BCUT2D eigenvalue weighted by molar-refractivity contribution is 0.139. The Morgan fingerprint density at radius 3 is 3.06 bits per heavy atom. The summed E-state index contributed by atoms with van der Waals surface area (Å²) in [5, 5.41) is 7.40. The summed E-state index contributed by atoms with van der Waals surface area (Å²) in [5.74, 6) is 0.768. The Balaban J connectivity index is 2.10. The summed E-state index contributed by atoms with van der Waals surface area (Å²) in [5.41, 5.74) is -1.12. The molecule has 4 nitrogen and oxygen atoms in total. The van der Waals surface area contributed by atoms with Gasteiger partial charge in [0.25, 0.3) is 0 Å². The molecule has 0 aromatic carbocycles. The summed E-state index contributed by atoms with van der Waals surface area (Å²) in [7, 11) is 0. The van der Waals surface area contributed by atoms with Gasteiger partial charge in [0, 0.05) is 12.5 Å². The Kier molecular flexibility index (Phi) is 3.76. The van der Waals surface area contributed by atoms with Gasteiger partial charge < -0.3 is 5.32 Å². The Labute approximate surface area is 102 Å². The Hall–Kier alpha value is -0.970. The average molecular weight is 240 g/mol. The van der Waals surface area contributed by atoms with E-state index in [4.69, 9.17) is 0 Å². The first-order valence-corrected chi connectivity index (χ1v) is 6.39. The van der Waals surface area contributed by atoms with Crippen LogP contribution in [0.25, 0.3) is 0 Å². The van der Waals surface area contributed by atoms with Crippen molar-refractivity contribution in [1.82, 2.24) is 20.1 Å². The zero-order valence-corrected chi connectivity index (χ0v) is 10.6. The molecular formula is C12H21FN4. The molecule has 17 heavy (non-hydrogen) atoms. The number of alkyl halides is 1. The molecule has 0 saturated carbocycles. The second-order valence-corrected chi connectivity index (χ2v) is 5.15. The second-order valence-electron chi connectivity index (χ2n) is 5.15. The number of halogens is 1. The van der Waals surface area contributed by atoms with E-state index in [9.17, 15) is 4.39 Å². The van der Waals surface area contributed by atoms with Gasteiger partial charge in [-0.2, -0.15) is 5.10 Å². The van der Waals surface area contributed by atoms with Crippen molar-refractivity contribution in [3.05, 3.63) is 12.2 Å². The van der Waals surface area contributed by atoms with Gasteiger partial charge in [-0.3, -0.25) is 0 Å². The summed E-state index contributed by atoms with van der Waals surface area (Å²) in [6, 6.07) is 0.236. The van der Waals surface area contributed by atoms with Crippen LogP contribution >= 0.6 is 0 Å². The van der Waals surface area contributed by atoms with Crippen LogP contribution in [0.1, 0.15) is 45.0 Å². The molecular weight excluding hydrogens is 219 g/mol. The molecule has 1 aromatic heterocycles. The van der Waals surface area contributed by atoms with Crippen molar-refractivity contribution >= 4 is 0 Å². The summed E-state index contributed by atoms with van der Waals surface area (Å²) in [6.07, 6.45) is 3.98. The van der Waals surface area contributed by atoms with Crippen LogP contribution in [0.15, 0.2) is 6.33 Å². The van der Waals surface area contributed by atoms with Crippen LogP contribution in [0.5, 0.6) is 0 Å². The van der Waals surface area contributed by atoms with Crippen molar-refractivity contribution in [2.24, 2.45) is 0 Å². The smallest absolute Gasteiger partial charge is 0.138 e. The SMILES string of the molecule is CC(C)n1ncnc1CC1(F)CCCNCC1. The highest BCUT2D eigenvalue weighted by Gasteiger charge is 2.32. The lowest BCUT2D eigenvalue weighted by Gasteiger charge is -2.23. The highest BCUT2D eigenvalue weighted by molar-refractivity contribution is 4.97. The maximum absolute atomic E-state index is 14.7. The van der Waals surface area contributed by atoms with E-state index in [0.717, 1.165) is 25.3 Å². The zero-order valence-electron chi connectivity index (χ0n) is 10.6. The molecule has 5 heteroatoms. The van der Waals surface area contributed by atoms with Crippen molar-refractivity contribution in [3.8, 4) is 0 Å². The molecule has 1 unspecified atom stereocenters. The molecule has 0 radical (unpaired) electrons. The van der Waals surface area contributed by atoms with E-state index in [0.29, 0.717) is 19.3 Å². The first-order chi connectivity index (χ1) is 8.11. The molecule has 1 N–H and O–H groups in total. The summed E-state index contributed by atoms with van der Waals surface area (Å²) in [6.45, 7) is 5.75. The van der Waals surface area contributed by atoms with E-state index in [1.54, 1.807) is 0 Å². The third kappa shape index (κ3) is 3.03. The monoisotopic (exact) mass is 240 g/mol. The van der Waals surface area contributed by atoms with Gasteiger partial charge in [-0.05, 0) is 46.2 Å². The van der Waals surface area contributed by atoms with E-state index in [2.05, 4.69) is 15.4 Å². The number of nitrogens with zero attached hydrogens (tertiary/aromatic N) is 3. The molecule has 96 valence electrons. The molecule has 2 rings (SSSR count). The molecule has 0 amide bonds. The topological polar surface area (TPSA) is 42.7 Å². The first-order valence-electron chi connectivity index (χ1n) is 6.39. The van der Waals surface area contributed by atoms with Crippen LogP contribution in [0.4, 0.5) is 4.39 Å². The third-order valence-electron chi connectivity index (χ3n) is 3.34. The molecule has 2 heterocycles. The molecule has 0 aliphatic carbocycles. The predicted octanol–water partition coefficient (Wildman–Crippen LogP) is 1.88. The van der Waals surface area contributed by atoms with Crippen molar-refractivity contribution in [3.63, 3.8) is 0 Å². The minimum Gasteiger partial charge on any atom is -0.317 e. The lowest BCUT2D eigenvalue weighted by atomic mass is 9.93. The summed E-state index contributed by atoms with van der Waals surface area (Å²) >= 11 is 0. The molecule has 1 fully saturated rings. The molecule has 1 aromatic rings. The van der Waals surface area contributed by atoms with E-state index in [1.807, 2.05) is 18.5 Å². The summed E-state index contributed by atoms with van der Waals surface area (Å²) < 4.78 is 16.5. The fourth-order valence-corrected chi connectivity index (χ4v) is 2.38. The zero-order chi connectivity index (χ0) is 12.3. The number of nitrogens with one attached hydrogen (secondary N) is 1. The van der Waals surface area contributed by atoms with Crippen LogP contribution in [-0.2, 0) is 6.42 Å². The van der Waals surface area contributed by atoms with Crippen LogP contribution in [0, 0.1) is 0 Å². The minimum atomic E-state index is -1.12. The molecule has 0 bridgehead atoms.